The monoisotopic (exact) mass is 465 g/mol. The number of rotatable bonds is 5. The molecule has 1 aromatic carbocycles. The van der Waals surface area contributed by atoms with Crippen LogP contribution >= 0.6 is 11.6 Å². The van der Waals surface area contributed by atoms with E-state index in [1.54, 1.807) is 36.8 Å². The van der Waals surface area contributed by atoms with Crippen LogP contribution < -0.4 is 5.32 Å². The van der Waals surface area contributed by atoms with Crippen LogP contribution in [0.3, 0.4) is 0 Å². The van der Waals surface area contributed by atoms with Crippen LogP contribution in [0.5, 0.6) is 0 Å². The van der Waals surface area contributed by atoms with Crippen LogP contribution in [0.1, 0.15) is 35.7 Å². The minimum absolute atomic E-state index is 0.0334. The lowest BCUT2D eigenvalue weighted by atomic mass is 9.90. The normalized spacial score (nSPS) is 18.6. The van der Waals surface area contributed by atoms with E-state index in [0.29, 0.717) is 52.5 Å². The second-order valence-corrected chi connectivity index (χ2v) is 8.87. The number of halogens is 1. The molecular weight excluding hydrogens is 442 g/mol. The molecule has 10 heteroatoms. The highest BCUT2D eigenvalue weighted by atomic mass is 35.5. The summed E-state index contributed by atoms with van der Waals surface area (Å²) in [5, 5.41) is 11.8. The first-order valence-corrected chi connectivity index (χ1v) is 11.3. The first kappa shape index (κ1) is 21.4. The number of pyridine rings is 1. The maximum atomic E-state index is 13.8. The Morgan fingerprint density at radius 1 is 1.33 bits per heavy atom. The van der Waals surface area contributed by atoms with Gasteiger partial charge in [0.1, 0.15) is 5.52 Å². The van der Waals surface area contributed by atoms with Gasteiger partial charge in [-0.1, -0.05) is 23.7 Å². The van der Waals surface area contributed by atoms with Gasteiger partial charge in [0.05, 0.1) is 24.0 Å². The first-order chi connectivity index (χ1) is 16.0. The van der Waals surface area contributed by atoms with Gasteiger partial charge < -0.3 is 14.6 Å². The van der Waals surface area contributed by atoms with Crippen LogP contribution in [0.2, 0.25) is 5.02 Å². The van der Waals surface area contributed by atoms with Gasteiger partial charge in [-0.3, -0.25) is 4.79 Å². The molecule has 33 heavy (non-hydrogen) atoms. The fraction of sp³-hybridized carbons (Fsp3) is 0.348. The molecule has 170 valence electrons. The molecule has 1 aliphatic heterocycles. The number of oxazole rings is 1. The van der Waals surface area contributed by atoms with E-state index < -0.39 is 0 Å². The van der Waals surface area contributed by atoms with E-state index in [4.69, 9.17) is 16.0 Å². The summed E-state index contributed by atoms with van der Waals surface area (Å²) in [4.78, 5) is 24.6. The van der Waals surface area contributed by atoms with Crippen molar-refractivity contribution in [3.05, 3.63) is 59.0 Å². The van der Waals surface area contributed by atoms with E-state index in [2.05, 4.69) is 32.5 Å². The van der Waals surface area contributed by atoms with Crippen molar-refractivity contribution >= 4 is 34.6 Å². The molecule has 0 saturated carbocycles. The van der Waals surface area contributed by atoms with Gasteiger partial charge in [0.25, 0.3) is 11.9 Å². The summed E-state index contributed by atoms with van der Waals surface area (Å²) in [6.07, 6.45) is 6.97. The number of fused-ring (bicyclic) bond motifs is 1. The Bertz CT molecular complexity index is 1290. The average molecular weight is 466 g/mol. The number of carbonyl (C=O) groups is 1. The van der Waals surface area contributed by atoms with Gasteiger partial charge in [-0.05, 0) is 55.5 Å². The van der Waals surface area contributed by atoms with Crippen LogP contribution in [0.25, 0.3) is 16.9 Å². The lowest BCUT2D eigenvalue weighted by Gasteiger charge is -2.40. The third kappa shape index (κ3) is 4.28. The molecular formula is C23H24ClN7O2. The molecule has 0 radical (unpaired) electrons. The predicted octanol–water partition coefficient (Wildman–Crippen LogP) is 4.12. The molecule has 9 nitrogen and oxygen atoms in total. The SMILES string of the molecule is Cc1cnc(-n2ccnn2)c(C(=O)N2CCC[C@@H](C)[C@H]2CNc2nc3cc(Cl)ccc3o2)c1. The van der Waals surface area contributed by atoms with E-state index in [0.717, 1.165) is 18.4 Å². The molecule has 1 amide bonds. The molecule has 4 heterocycles. The van der Waals surface area contributed by atoms with Gasteiger partial charge in [0.2, 0.25) is 0 Å². The number of aryl methyl sites for hydroxylation is 1. The zero-order valence-electron chi connectivity index (χ0n) is 18.4. The molecule has 0 bridgehead atoms. The molecule has 2 atom stereocenters. The number of likely N-dealkylation sites (tertiary alicyclic amines) is 1. The summed E-state index contributed by atoms with van der Waals surface area (Å²) in [7, 11) is 0. The van der Waals surface area contributed by atoms with Crippen LogP contribution in [0, 0.1) is 12.8 Å². The molecule has 0 aliphatic carbocycles. The van der Waals surface area contributed by atoms with E-state index in [1.807, 2.05) is 17.9 Å². The standard InChI is InChI=1S/C23H24ClN7O2/c1-14-10-17(21(25-12-14)31-9-7-27-29-31)22(32)30-8-3-4-15(2)19(30)13-26-23-28-18-11-16(24)5-6-20(18)33-23/h5-7,9-12,15,19H,3-4,8,13H2,1-2H3,(H,26,28)/t15-,19-/m1/s1. The molecule has 0 spiro atoms. The second-order valence-electron chi connectivity index (χ2n) is 8.43. The highest BCUT2D eigenvalue weighted by molar-refractivity contribution is 6.31. The van der Waals surface area contributed by atoms with Crippen molar-refractivity contribution in [3.8, 4) is 5.82 Å². The van der Waals surface area contributed by atoms with Crippen LogP contribution in [0.15, 0.2) is 47.3 Å². The summed E-state index contributed by atoms with van der Waals surface area (Å²) in [5.74, 6) is 0.713. The molecule has 1 saturated heterocycles. The summed E-state index contributed by atoms with van der Waals surface area (Å²) in [5.41, 5.74) is 2.77. The number of nitrogens with one attached hydrogen (secondary N) is 1. The average Bonchev–Trinajstić information content (AvgIpc) is 3.47. The summed E-state index contributed by atoms with van der Waals surface area (Å²) in [6, 6.07) is 7.57. The Labute approximate surface area is 195 Å². The molecule has 1 N–H and O–H groups in total. The fourth-order valence-corrected chi connectivity index (χ4v) is 4.52. The third-order valence-corrected chi connectivity index (χ3v) is 6.30. The lowest BCUT2D eigenvalue weighted by molar-refractivity contribution is 0.0538. The second kappa shape index (κ2) is 8.82. The predicted molar refractivity (Wildman–Crippen MR) is 125 cm³/mol. The Morgan fingerprint density at radius 3 is 3.03 bits per heavy atom. The van der Waals surface area contributed by atoms with Crippen LogP contribution in [0.4, 0.5) is 6.01 Å². The van der Waals surface area contributed by atoms with Gasteiger partial charge in [0, 0.05) is 24.3 Å². The van der Waals surface area contributed by atoms with E-state index in [9.17, 15) is 4.79 Å². The number of benzene rings is 1. The topological polar surface area (TPSA) is 102 Å². The van der Waals surface area contributed by atoms with Crippen molar-refractivity contribution in [3.63, 3.8) is 0 Å². The van der Waals surface area contributed by atoms with Crippen molar-refractivity contribution < 1.29 is 9.21 Å². The third-order valence-electron chi connectivity index (χ3n) is 6.06. The van der Waals surface area contributed by atoms with Crippen molar-refractivity contribution in [2.75, 3.05) is 18.4 Å². The molecule has 5 rings (SSSR count). The van der Waals surface area contributed by atoms with Crippen LogP contribution in [-0.2, 0) is 0 Å². The van der Waals surface area contributed by atoms with Crippen molar-refractivity contribution in [1.82, 2.24) is 29.9 Å². The van der Waals surface area contributed by atoms with Crippen molar-refractivity contribution in [2.45, 2.75) is 32.7 Å². The highest BCUT2D eigenvalue weighted by Gasteiger charge is 2.34. The minimum atomic E-state index is -0.0700. The minimum Gasteiger partial charge on any atom is -0.424 e. The quantitative estimate of drug-likeness (QED) is 0.473. The zero-order valence-corrected chi connectivity index (χ0v) is 19.2. The van der Waals surface area contributed by atoms with Crippen LogP contribution in [-0.4, -0.2) is 54.9 Å². The van der Waals surface area contributed by atoms with E-state index in [-0.39, 0.29) is 11.9 Å². The summed E-state index contributed by atoms with van der Waals surface area (Å²) in [6.45, 7) is 5.28. The van der Waals surface area contributed by atoms with Crippen molar-refractivity contribution in [2.24, 2.45) is 5.92 Å². The maximum absolute atomic E-state index is 13.8. The lowest BCUT2D eigenvalue weighted by Crippen LogP contribution is -2.51. The largest absolute Gasteiger partial charge is 0.424 e. The summed E-state index contributed by atoms with van der Waals surface area (Å²) < 4.78 is 7.33. The maximum Gasteiger partial charge on any atom is 0.295 e. The number of carbonyl (C=O) groups excluding carboxylic acids is 1. The van der Waals surface area contributed by atoms with Gasteiger partial charge >= 0.3 is 0 Å². The number of aromatic nitrogens is 5. The number of anilines is 1. The van der Waals surface area contributed by atoms with Gasteiger partial charge in [-0.2, -0.15) is 4.98 Å². The Morgan fingerprint density at radius 2 is 2.21 bits per heavy atom. The fourth-order valence-electron chi connectivity index (χ4n) is 4.36. The Kier molecular flexibility index (Phi) is 5.72. The molecule has 3 aromatic heterocycles. The number of nitrogens with zero attached hydrogens (tertiary/aromatic N) is 6. The number of piperidine rings is 1. The number of amides is 1. The smallest absolute Gasteiger partial charge is 0.295 e. The van der Waals surface area contributed by atoms with E-state index in [1.165, 1.54) is 4.68 Å². The van der Waals surface area contributed by atoms with Gasteiger partial charge in [-0.15, -0.1) is 5.10 Å². The van der Waals surface area contributed by atoms with Crippen molar-refractivity contribution in [1.29, 1.82) is 0 Å². The summed E-state index contributed by atoms with van der Waals surface area (Å²) >= 11 is 6.06. The Balaban J connectivity index is 1.40. The highest BCUT2D eigenvalue weighted by Crippen LogP contribution is 2.28. The number of hydrogen-bond donors (Lipinski definition) is 1. The number of hydrogen-bond acceptors (Lipinski definition) is 7. The van der Waals surface area contributed by atoms with Gasteiger partial charge in [0.15, 0.2) is 11.4 Å². The van der Waals surface area contributed by atoms with E-state index >= 15 is 0 Å². The molecule has 1 aliphatic rings. The Hall–Kier alpha value is -3.46. The first-order valence-electron chi connectivity index (χ1n) is 10.9. The molecule has 0 unspecified atom stereocenters. The van der Waals surface area contributed by atoms with Gasteiger partial charge in [-0.25, -0.2) is 9.67 Å². The zero-order chi connectivity index (χ0) is 22.9. The molecule has 1 fully saturated rings. The molecule has 4 aromatic rings.